The first-order valence-corrected chi connectivity index (χ1v) is 6.44. The summed E-state index contributed by atoms with van der Waals surface area (Å²) in [7, 11) is -3.92. The van der Waals surface area contributed by atoms with Crippen molar-refractivity contribution >= 4 is 39.1 Å². The van der Waals surface area contributed by atoms with Crippen molar-refractivity contribution in [2.45, 2.75) is 4.90 Å². The molecule has 0 saturated carbocycles. The van der Waals surface area contributed by atoms with E-state index in [2.05, 4.69) is 4.84 Å². The van der Waals surface area contributed by atoms with Gasteiger partial charge in [-0.3, -0.25) is 9.63 Å². The molecule has 0 aliphatic carbocycles. The number of hydrogen-bond acceptors (Lipinski definition) is 4. The van der Waals surface area contributed by atoms with Crippen molar-refractivity contribution in [3.63, 3.8) is 0 Å². The zero-order valence-corrected chi connectivity index (χ0v) is 10.6. The van der Waals surface area contributed by atoms with Crippen LogP contribution in [-0.4, -0.2) is 20.9 Å². The number of primary amides is 1. The minimum atomic E-state index is -3.92. The molecule has 94 valence electrons. The van der Waals surface area contributed by atoms with Crippen molar-refractivity contribution in [2.75, 3.05) is 6.61 Å². The first kappa shape index (κ1) is 14.2. The zero-order valence-electron chi connectivity index (χ0n) is 8.31. The van der Waals surface area contributed by atoms with E-state index in [1.54, 1.807) is 4.89 Å². The van der Waals surface area contributed by atoms with Crippen LogP contribution >= 0.6 is 23.2 Å². The van der Waals surface area contributed by atoms with E-state index in [0.29, 0.717) is 0 Å². The smallest absolute Gasteiger partial charge is 0.262 e. The largest absolute Gasteiger partial charge is 0.368 e. The van der Waals surface area contributed by atoms with Crippen LogP contribution in [0.15, 0.2) is 23.1 Å². The van der Waals surface area contributed by atoms with E-state index in [1.807, 2.05) is 0 Å². The van der Waals surface area contributed by atoms with Gasteiger partial charge in [0.2, 0.25) is 5.91 Å². The number of hydrogen-bond donors (Lipinski definition) is 2. The third-order valence-corrected chi connectivity index (χ3v) is 3.54. The molecule has 0 aliphatic heterocycles. The van der Waals surface area contributed by atoms with Crippen LogP contribution in [0.25, 0.3) is 0 Å². The number of nitrogens with one attached hydrogen (secondary N) is 1. The molecule has 0 fully saturated rings. The molecule has 0 bridgehead atoms. The molecular weight excluding hydrogens is 291 g/mol. The average Bonchev–Trinajstić information content (AvgIpc) is 2.21. The van der Waals surface area contributed by atoms with Crippen LogP contribution in [0.3, 0.4) is 0 Å². The molecule has 1 aromatic carbocycles. The number of nitrogens with two attached hydrogens (primary N) is 1. The van der Waals surface area contributed by atoms with Gasteiger partial charge < -0.3 is 5.73 Å². The Morgan fingerprint density at radius 2 is 2.00 bits per heavy atom. The molecule has 3 N–H and O–H groups in total. The van der Waals surface area contributed by atoms with E-state index in [-0.39, 0.29) is 14.9 Å². The van der Waals surface area contributed by atoms with E-state index in [9.17, 15) is 13.2 Å². The monoisotopic (exact) mass is 298 g/mol. The van der Waals surface area contributed by atoms with Gasteiger partial charge in [0.25, 0.3) is 10.0 Å². The maximum absolute atomic E-state index is 11.6. The molecule has 1 amide bonds. The van der Waals surface area contributed by atoms with Crippen molar-refractivity contribution < 1.29 is 18.0 Å². The van der Waals surface area contributed by atoms with Gasteiger partial charge >= 0.3 is 0 Å². The second kappa shape index (κ2) is 5.65. The maximum atomic E-state index is 11.6. The summed E-state index contributed by atoms with van der Waals surface area (Å²) < 4.78 is 23.2. The lowest BCUT2D eigenvalue weighted by molar-refractivity contribution is -0.123. The molecule has 0 saturated heterocycles. The molecule has 1 aromatic rings. The molecule has 17 heavy (non-hydrogen) atoms. The minimum absolute atomic E-state index is 0.0874. The van der Waals surface area contributed by atoms with Gasteiger partial charge in [0.1, 0.15) is 6.61 Å². The second-order valence-corrected chi connectivity index (χ2v) is 5.38. The molecule has 0 atom stereocenters. The van der Waals surface area contributed by atoms with Crippen molar-refractivity contribution in [1.29, 1.82) is 0 Å². The summed E-state index contributed by atoms with van der Waals surface area (Å²) in [6.45, 7) is -0.569. The number of carbonyl (C=O) groups excluding carboxylic acids is 1. The van der Waals surface area contributed by atoms with Crippen molar-refractivity contribution in [2.24, 2.45) is 5.73 Å². The first-order valence-electron chi connectivity index (χ1n) is 4.20. The number of benzene rings is 1. The Labute approximate surface area is 108 Å². The quantitative estimate of drug-likeness (QED) is 0.781. The van der Waals surface area contributed by atoms with Crippen LogP contribution in [0.4, 0.5) is 0 Å². The third kappa shape index (κ3) is 4.14. The summed E-state index contributed by atoms with van der Waals surface area (Å²) in [6.07, 6.45) is 0. The Morgan fingerprint density at radius 1 is 1.35 bits per heavy atom. The summed E-state index contributed by atoms with van der Waals surface area (Å²) in [5.74, 6) is -0.804. The van der Waals surface area contributed by atoms with Gasteiger partial charge in [-0.05, 0) is 18.2 Å². The summed E-state index contributed by atoms with van der Waals surface area (Å²) in [5.41, 5.74) is 4.77. The molecule has 0 aliphatic rings. The van der Waals surface area contributed by atoms with Gasteiger partial charge in [0, 0.05) is 0 Å². The van der Waals surface area contributed by atoms with Crippen molar-refractivity contribution in [3.05, 3.63) is 28.2 Å². The van der Waals surface area contributed by atoms with Gasteiger partial charge in [0.15, 0.2) is 0 Å². The van der Waals surface area contributed by atoms with E-state index in [0.717, 1.165) is 6.07 Å². The second-order valence-electron chi connectivity index (χ2n) is 2.92. The van der Waals surface area contributed by atoms with Crippen LogP contribution in [0.5, 0.6) is 0 Å². The first-order chi connectivity index (χ1) is 7.83. The molecule has 0 radical (unpaired) electrons. The molecule has 0 unspecified atom stereocenters. The summed E-state index contributed by atoms with van der Waals surface area (Å²) in [6, 6.07) is 3.72. The van der Waals surface area contributed by atoms with E-state index >= 15 is 0 Å². The summed E-state index contributed by atoms with van der Waals surface area (Å²) in [5, 5.41) is 0.313. The lowest BCUT2D eigenvalue weighted by Gasteiger charge is -2.06. The Hall–Kier alpha value is -0.860. The predicted molar refractivity (Wildman–Crippen MR) is 61.9 cm³/mol. The van der Waals surface area contributed by atoms with Crippen LogP contribution in [0.2, 0.25) is 10.0 Å². The lowest BCUT2D eigenvalue weighted by Crippen LogP contribution is -2.29. The number of carbonyl (C=O) groups is 1. The number of rotatable bonds is 5. The summed E-state index contributed by atoms with van der Waals surface area (Å²) in [4.78, 5) is 16.3. The number of amides is 1. The molecule has 9 heteroatoms. The van der Waals surface area contributed by atoms with Gasteiger partial charge in [0.05, 0.1) is 14.9 Å². The Morgan fingerprint density at radius 3 is 2.53 bits per heavy atom. The van der Waals surface area contributed by atoms with Gasteiger partial charge in [-0.1, -0.05) is 28.1 Å². The molecule has 1 rings (SSSR count). The van der Waals surface area contributed by atoms with Gasteiger partial charge in [-0.15, -0.1) is 0 Å². The van der Waals surface area contributed by atoms with Crippen LogP contribution in [0.1, 0.15) is 0 Å². The standard InChI is InChI=1S/C8H8Cl2N2O4S/c9-6-2-1-5(3-7(6)10)17(14,15)12-16-4-8(11)13/h1-3,12H,4H2,(H2,11,13). The minimum Gasteiger partial charge on any atom is -0.368 e. The van der Waals surface area contributed by atoms with Gasteiger partial charge in [-0.2, -0.15) is 0 Å². The average molecular weight is 299 g/mol. The Kier molecular flexibility index (Phi) is 4.72. The fourth-order valence-electron chi connectivity index (χ4n) is 0.870. The molecule has 0 aromatic heterocycles. The number of sulfonamides is 1. The third-order valence-electron chi connectivity index (χ3n) is 1.58. The highest BCUT2D eigenvalue weighted by Gasteiger charge is 2.15. The van der Waals surface area contributed by atoms with Crippen LogP contribution < -0.4 is 10.6 Å². The highest BCUT2D eigenvalue weighted by molar-refractivity contribution is 7.89. The topological polar surface area (TPSA) is 98.5 Å². The van der Waals surface area contributed by atoms with E-state index in [4.69, 9.17) is 28.9 Å². The fourth-order valence-corrected chi connectivity index (χ4v) is 2.06. The summed E-state index contributed by atoms with van der Waals surface area (Å²) >= 11 is 11.3. The maximum Gasteiger partial charge on any atom is 0.262 e. The van der Waals surface area contributed by atoms with Crippen molar-refractivity contribution in [3.8, 4) is 0 Å². The van der Waals surface area contributed by atoms with E-state index < -0.39 is 22.5 Å². The molecule has 0 spiro atoms. The molecule has 6 nitrogen and oxygen atoms in total. The normalized spacial score (nSPS) is 11.4. The highest BCUT2D eigenvalue weighted by Crippen LogP contribution is 2.24. The lowest BCUT2D eigenvalue weighted by atomic mass is 10.4. The van der Waals surface area contributed by atoms with E-state index in [1.165, 1.54) is 12.1 Å². The highest BCUT2D eigenvalue weighted by atomic mass is 35.5. The van der Waals surface area contributed by atoms with Crippen LogP contribution in [-0.2, 0) is 19.7 Å². The van der Waals surface area contributed by atoms with Gasteiger partial charge in [-0.25, -0.2) is 8.42 Å². The predicted octanol–water partition coefficient (Wildman–Crippen LogP) is 0.689. The van der Waals surface area contributed by atoms with Crippen LogP contribution in [0, 0.1) is 0 Å². The molecular formula is C8H8Cl2N2O4S. The van der Waals surface area contributed by atoms with Crippen molar-refractivity contribution in [1.82, 2.24) is 4.89 Å². The molecule has 0 heterocycles. The fraction of sp³-hybridized carbons (Fsp3) is 0.125. The SMILES string of the molecule is NC(=O)CONS(=O)(=O)c1ccc(Cl)c(Cl)c1. The Balaban J connectivity index is 2.82. The zero-order chi connectivity index (χ0) is 13.1. The number of halogens is 2. The Bertz CT molecular complexity index is 532.